The Morgan fingerprint density at radius 2 is 1.96 bits per heavy atom. The van der Waals surface area contributed by atoms with Crippen LogP contribution in [0, 0.1) is 11.3 Å². The standard InChI is InChI=1S/C19H16Cl2N2O3/c1-2-23(14-4-3-13(11-22)15(20)10-14)18(24)9-12-7-16(21)19-17(8-12)25-5-6-26-19/h3-4,7-8,10H,2,5-6,9H2,1H3. The third-order valence-corrected chi connectivity index (χ3v) is 4.61. The van der Waals surface area contributed by atoms with Crippen LogP contribution in [0.5, 0.6) is 11.5 Å². The van der Waals surface area contributed by atoms with E-state index in [2.05, 4.69) is 0 Å². The lowest BCUT2D eigenvalue weighted by Gasteiger charge is -2.23. The maximum atomic E-state index is 12.8. The van der Waals surface area contributed by atoms with Crippen LogP contribution in [0.25, 0.3) is 0 Å². The van der Waals surface area contributed by atoms with Gasteiger partial charge in [0, 0.05) is 12.2 Å². The zero-order valence-corrected chi connectivity index (χ0v) is 15.6. The molecule has 5 nitrogen and oxygen atoms in total. The molecule has 7 heteroatoms. The quantitative estimate of drug-likeness (QED) is 0.783. The van der Waals surface area contributed by atoms with Gasteiger partial charge in [0.1, 0.15) is 19.3 Å². The Bertz CT molecular complexity index is 893. The molecule has 134 valence electrons. The molecular weight excluding hydrogens is 375 g/mol. The van der Waals surface area contributed by atoms with Gasteiger partial charge in [-0.25, -0.2) is 0 Å². The summed E-state index contributed by atoms with van der Waals surface area (Å²) in [5.74, 6) is 0.956. The minimum atomic E-state index is -0.110. The number of nitrogens with zero attached hydrogens (tertiary/aromatic N) is 2. The third-order valence-electron chi connectivity index (χ3n) is 4.01. The van der Waals surface area contributed by atoms with Gasteiger partial charge >= 0.3 is 0 Å². The van der Waals surface area contributed by atoms with E-state index in [4.69, 9.17) is 37.9 Å². The van der Waals surface area contributed by atoms with Crippen LogP contribution in [0.3, 0.4) is 0 Å². The maximum Gasteiger partial charge on any atom is 0.231 e. The van der Waals surface area contributed by atoms with Gasteiger partial charge in [-0.15, -0.1) is 0 Å². The largest absolute Gasteiger partial charge is 0.486 e. The second-order valence-electron chi connectivity index (χ2n) is 5.69. The number of carbonyl (C=O) groups is 1. The minimum Gasteiger partial charge on any atom is -0.486 e. The number of anilines is 1. The van der Waals surface area contributed by atoms with Crippen molar-refractivity contribution in [3.8, 4) is 17.6 Å². The van der Waals surface area contributed by atoms with E-state index in [9.17, 15) is 4.79 Å². The summed E-state index contributed by atoms with van der Waals surface area (Å²) in [5, 5.41) is 9.73. The topological polar surface area (TPSA) is 62.6 Å². The van der Waals surface area contributed by atoms with Crippen molar-refractivity contribution < 1.29 is 14.3 Å². The SMILES string of the molecule is CCN(C(=O)Cc1cc(Cl)c2c(c1)OCCO2)c1ccc(C#N)c(Cl)c1. The number of nitriles is 1. The van der Waals surface area contributed by atoms with Crippen molar-refractivity contribution in [2.75, 3.05) is 24.7 Å². The number of rotatable bonds is 4. The van der Waals surface area contributed by atoms with Crippen molar-refractivity contribution >= 4 is 34.8 Å². The zero-order chi connectivity index (χ0) is 18.7. The van der Waals surface area contributed by atoms with Crippen molar-refractivity contribution in [2.24, 2.45) is 0 Å². The Morgan fingerprint density at radius 1 is 1.19 bits per heavy atom. The molecule has 0 aliphatic carbocycles. The Labute approximate surface area is 161 Å². The molecule has 1 aliphatic heterocycles. The molecular formula is C19H16Cl2N2O3. The molecule has 0 bridgehead atoms. The number of carbonyl (C=O) groups excluding carboxylic acids is 1. The number of halogens is 2. The average molecular weight is 391 g/mol. The van der Waals surface area contributed by atoms with Crippen LogP contribution in [0.15, 0.2) is 30.3 Å². The van der Waals surface area contributed by atoms with E-state index in [0.717, 1.165) is 5.56 Å². The van der Waals surface area contributed by atoms with Crippen molar-refractivity contribution in [3.05, 3.63) is 51.5 Å². The average Bonchev–Trinajstić information content (AvgIpc) is 2.62. The van der Waals surface area contributed by atoms with Crippen LogP contribution in [-0.2, 0) is 11.2 Å². The normalized spacial score (nSPS) is 12.4. The second kappa shape index (κ2) is 7.86. The highest BCUT2D eigenvalue weighted by atomic mass is 35.5. The zero-order valence-electron chi connectivity index (χ0n) is 14.1. The van der Waals surface area contributed by atoms with Gasteiger partial charge < -0.3 is 14.4 Å². The first-order chi connectivity index (χ1) is 12.5. The molecule has 0 unspecified atom stereocenters. The Balaban J connectivity index is 1.83. The first-order valence-corrected chi connectivity index (χ1v) is 8.87. The van der Waals surface area contributed by atoms with E-state index in [-0.39, 0.29) is 12.3 Å². The van der Waals surface area contributed by atoms with E-state index in [1.807, 2.05) is 13.0 Å². The predicted octanol–water partition coefficient (Wildman–Crippen LogP) is 4.23. The van der Waals surface area contributed by atoms with Crippen LogP contribution >= 0.6 is 23.2 Å². The Morgan fingerprint density at radius 3 is 2.65 bits per heavy atom. The number of hydrogen-bond donors (Lipinski definition) is 0. The van der Waals surface area contributed by atoms with Gasteiger partial charge in [-0.1, -0.05) is 23.2 Å². The summed E-state index contributed by atoms with van der Waals surface area (Å²) in [5.41, 5.74) is 1.75. The van der Waals surface area contributed by atoms with Gasteiger partial charge in [0.05, 0.1) is 22.0 Å². The number of fused-ring (bicyclic) bond motifs is 1. The van der Waals surface area contributed by atoms with E-state index in [1.165, 1.54) is 0 Å². The fraction of sp³-hybridized carbons (Fsp3) is 0.263. The van der Waals surface area contributed by atoms with Crippen LogP contribution in [0.1, 0.15) is 18.1 Å². The molecule has 0 atom stereocenters. The second-order valence-corrected chi connectivity index (χ2v) is 6.51. The van der Waals surface area contributed by atoms with Gasteiger partial charge in [0.2, 0.25) is 5.91 Å². The summed E-state index contributed by atoms with van der Waals surface area (Å²) in [7, 11) is 0. The molecule has 0 fully saturated rings. The number of likely N-dealkylation sites (N-methyl/N-ethyl adjacent to an activating group) is 1. The number of ether oxygens (including phenoxy) is 2. The molecule has 0 saturated heterocycles. The molecule has 26 heavy (non-hydrogen) atoms. The first-order valence-electron chi connectivity index (χ1n) is 8.11. The fourth-order valence-electron chi connectivity index (χ4n) is 2.80. The van der Waals surface area contributed by atoms with E-state index in [1.54, 1.807) is 35.2 Å². The van der Waals surface area contributed by atoms with Crippen molar-refractivity contribution in [1.82, 2.24) is 0 Å². The minimum absolute atomic E-state index is 0.110. The predicted molar refractivity (Wildman–Crippen MR) is 100 cm³/mol. The summed E-state index contributed by atoms with van der Waals surface area (Å²) in [6.07, 6.45) is 0.155. The van der Waals surface area contributed by atoms with Crippen LogP contribution in [0.2, 0.25) is 10.0 Å². The molecule has 0 radical (unpaired) electrons. The van der Waals surface area contributed by atoms with E-state index in [0.29, 0.717) is 52.6 Å². The van der Waals surface area contributed by atoms with E-state index >= 15 is 0 Å². The molecule has 0 aromatic heterocycles. The maximum absolute atomic E-state index is 12.8. The molecule has 1 amide bonds. The Kier molecular flexibility index (Phi) is 5.55. The summed E-state index contributed by atoms with van der Waals surface area (Å²) < 4.78 is 11.1. The summed E-state index contributed by atoms with van der Waals surface area (Å²) in [4.78, 5) is 14.4. The molecule has 2 aromatic carbocycles. The molecule has 0 N–H and O–H groups in total. The van der Waals surface area contributed by atoms with Gasteiger partial charge in [0.25, 0.3) is 0 Å². The highest BCUT2D eigenvalue weighted by Crippen LogP contribution is 2.38. The van der Waals surface area contributed by atoms with Gasteiger partial charge in [-0.3, -0.25) is 4.79 Å². The number of hydrogen-bond acceptors (Lipinski definition) is 4. The molecule has 1 heterocycles. The molecule has 0 saturated carbocycles. The molecule has 0 spiro atoms. The van der Waals surface area contributed by atoms with Crippen molar-refractivity contribution in [2.45, 2.75) is 13.3 Å². The van der Waals surface area contributed by atoms with Crippen LogP contribution in [0.4, 0.5) is 5.69 Å². The van der Waals surface area contributed by atoms with Gasteiger partial charge in [0.15, 0.2) is 11.5 Å². The molecule has 2 aromatic rings. The number of amides is 1. The Hall–Kier alpha value is -2.42. The van der Waals surface area contributed by atoms with Gasteiger partial charge in [-0.05, 0) is 42.8 Å². The monoisotopic (exact) mass is 390 g/mol. The van der Waals surface area contributed by atoms with E-state index < -0.39 is 0 Å². The highest BCUT2D eigenvalue weighted by molar-refractivity contribution is 6.32. The summed E-state index contributed by atoms with van der Waals surface area (Å²) in [6.45, 7) is 3.25. The highest BCUT2D eigenvalue weighted by Gasteiger charge is 2.20. The van der Waals surface area contributed by atoms with Gasteiger partial charge in [-0.2, -0.15) is 5.26 Å². The number of benzene rings is 2. The smallest absolute Gasteiger partial charge is 0.231 e. The molecule has 3 rings (SSSR count). The van der Waals surface area contributed by atoms with Crippen molar-refractivity contribution in [1.29, 1.82) is 5.26 Å². The molecule has 1 aliphatic rings. The first kappa shape index (κ1) is 18.4. The van der Waals surface area contributed by atoms with Crippen LogP contribution in [-0.4, -0.2) is 25.7 Å². The fourth-order valence-corrected chi connectivity index (χ4v) is 3.31. The van der Waals surface area contributed by atoms with Crippen molar-refractivity contribution in [3.63, 3.8) is 0 Å². The lowest BCUT2D eigenvalue weighted by atomic mass is 10.1. The lowest BCUT2D eigenvalue weighted by molar-refractivity contribution is -0.117. The third kappa shape index (κ3) is 3.72. The van der Waals surface area contributed by atoms with Crippen LogP contribution < -0.4 is 14.4 Å². The summed E-state index contributed by atoms with van der Waals surface area (Å²) >= 11 is 12.3. The summed E-state index contributed by atoms with van der Waals surface area (Å²) in [6, 6.07) is 10.4. The lowest BCUT2D eigenvalue weighted by Crippen LogP contribution is -2.32.